The van der Waals surface area contributed by atoms with Crippen molar-refractivity contribution in [3.8, 4) is 22.3 Å². The molecule has 0 saturated heterocycles. The van der Waals surface area contributed by atoms with Crippen LogP contribution < -0.4 is 0 Å². The lowest BCUT2D eigenvalue weighted by Crippen LogP contribution is -2.15. The van der Waals surface area contributed by atoms with Crippen molar-refractivity contribution in [2.75, 3.05) is 0 Å². The van der Waals surface area contributed by atoms with Crippen LogP contribution >= 0.6 is 0 Å². The fourth-order valence-electron chi connectivity index (χ4n) is 5.65. The second-order valence-electron chi connectivity index (χ2n) is 12.0. The minimum atomic E-state index is -0.0471. The number of fused-ring (bicyclic) bond motifs is 3. The molecule has 0 bridgehead atoms. The molecule has 2 heteroatoms. The van der Waals surface area contributed by atoms with Crippen molar-refractivity contribution in [2.45, 2.75) is 101 Å². The number of aryl methyl sites for hydroxylation is 2. The average molecular weight is 653 g/mol. The number of hydrogen-bond acceptors (Lipinski definition) is 2. The molecule has 1 aliphatic carbocycles. The predicted octanol–water partition coefficient (Wildman–Crippen LogP) is 14.3. The minimum absolute atomic E-state index is 0.0471. The lowest BCUT2D eigenvalue weighted by Gasteiger charge is -2.22. The van der Waals surface area contributed by atoms with E-state index in [0.29, 0.717) is 0 Å². The Kier molecular flexibility index (Phi) is 17.2. The van der Waals surface area contributed by atoms with E-state index >= 15 is 0 Å². The standard InChI is InChI=1S/C37H32N2.C4H10.3C2H6/c1-25-5-11-32-33-12-10-31(24-36(33)37(3,4)35(32)21-25)34-23-29(8-6-27-13-17-38-18-14-27)26(2)22-30(34)9-7-28-15-19-39-20-16-28;1-3-4-2;3*1-2/h5-24H,1-4H3;3-4H2,1-2H3;3*1-2H3/b8-6+,9-7+;;;;. The summed E-state index contributed by atoms with van der Waals surface area (Å²) in [6.07, 6.45) is 18.7. The molecule has 0 atom stereocenters. The zero-order valence-corrected chi connectivity index (χ0v) is 32.4. The van der Waals surface area contributed by atoms with Crippen LogP contribution in [-0.2, 0) is 5.41 Å². The van der Waals surface area contributed by atoms with Crippen LogP contribution in [0.2, 0.25) is 0 Å². The summed E-state index contributed by atoms with van der Waals surface area (Å²) in [7, 11) is 0. The largest absolute Gasteiger partial charge is 0.265 e. The maximum atomic E-state index is 4.16. The van der Waals surface area contributed by atoms with E-state index in [0.717, 1.165) is 11.1 Å². The van der Waals surface area contributed by atoms with Gasteiger partial charge in [0, 0.05) is 30.2 Å². The van der Waals surface area contributed by atoms with E-state index in [1.54, 1.807) is 0 Å². The van der Waals surface area contributed by atoms with Gasteiger partial charge in [0.2, 0.25) is 0 Å². The first-order valence-corrected chi connectivity index (χ1v) is 18.4. The molecule has 49 heavy (non-hydrogen) atoms. The van der Waals surface area contributed by atoms with Gasteiger partial charge in [-0.05, 0) is 111 Å². The molecule has 0 aliphatic heterocycles. The summed E-state index contributed by atoms with van der Waals surface area (Å²) < 4.78 is 0. The molecule has 0 fully saturated rings. The summed E-state index contributed by atoms with van der Waals surface area (Å²) >= 11 is 0. The summed E-state index contributed by atoms with van der Waals surface area (Å²) in [5.41, 5.74) is 15.2. The van der Waals surface area contributed by atoms with Gasteiger partial charge in [-0.25, -0.2) is 0 Å². The molecular formula is C47H60N2. The first kappa shape index (κ1) is 40.6. The van der Waals surface area contributed by atoms with Gasteiger partial charge in [-0.3, -0.25) is 9.97 Å². The summed E-state index contributed by atoms with van der Waals surface area (Å²) in [5.74, 6) is 0. The van der Waals surface area contributed by atoms with E-state index in [1.165, 1.54) is 68.5 Å². The number of pyridine rings is 2. The molecule has 0 N–H and O–H groups in total. The molecule has 5 aromatic rings. The lowest BCUT2D eigenvalue weighted by atomic mass is 9.81. The average Bonchev–Trinajstić information content (AvgIpc) is 3.38. The summed E-state index contributed by atoms with van der Waals surface area (Å²) in [6, 6.07) is 26.6. The van der Waals surface area contributed by atoms with Gasteiger partial charge in [0.15, 0.2) is 0 Å². The molecule has 2 aromatic heterocycles. The monoisotopic (exact) mass is 652 g/mol. The smallest absolute Gasteiger partial charge is 0.0273 e. The molecule has 3 aromatic carbocycles. The highest BCUT2D eigenvalue weighted by Crippen LogP contribution is 2.50. The Labute approximate surface area is 299 Å². The number of benzene rings is 3. The number of unbranched alkanes of at least 4 members (excludes halogenated alkanes) is 1. The maximum Gasteiger partial charge on any atom is 0.0273 e. The zero-order valence-electron chi connectivity index (χ0n) is 32.4. The molecule has 258 valence electrons. The van der Waals surface area contributed by atoms with Crippen molar-refractivity contribution >= 4 is 24.3 Å². The summed E-state index contributed by atoms with van der Waals surface area (Å²) in [4.78, 5) is 8.30. The minimum Gasteiger partial charge on any atom is -0.265 e. The van der Waals surface area contributed by atoms with Crippen molar-refractivity contribution in [1.82, 2.24) is 9.97 Å². The zero-order chi connectivity index (χ0) is 36.4. The SMILES string of the molecule is CC.CC.CC.CCCC.Cc1ccc2c(c1)C(C)(C)c1cc(-c3cc(/C=C/c4ccncc4)c(C)cc3/C=C/c3ccncc3)ccc1-2. The van der Waals surface area contributed by atoms with Crippen molar-refractivity contribution in [1.29, 1.82) is 0 Å². The van der Waals surface area contributed by atoms with Gasteiger partial charge in [0.25, 0.3) is 0 Å². The van der Waals surface area contributed by atoms with E-state index in [1.807, 2.05) is 90.6 Å². The highest BCUT2D eigenvalue weighted by molar-refractivity contribution is 5.88. The van der Waals surface area contributed by atoms with Crippen molar-refractivity contribution in [2.24, 2.45) is 0 Å². The van der Waals surface area contributed by atoms with Gasteiger partial charge in [-0.2, -0.15) is 0 Å². The van der Waals surface area contributed by atoms with Crippen molar-refractivity contribution in [3.63, 3.8) is 0 Å². The number of nitrogens with zero attached hydrogens (tertiary/aromatic N) is 2. The molecule has 0 radical (unpaired) electrons. The third-order valence-electron chi connectivity index (χ3n) is 8.40. The lowest BCUT2D eigenvalue weighted by molar-refractivity contribution is 0.660. The molecule has 0 saturated carbocycles. The van der Waals surface area contributed by atoms with Gasteiger partial charge in [-0.15, -0.1) is 0 Å². The van der Waals surface area contributed by atoms with Crippen LogP contribution in [0.25, 0.3) is 46.6 Å². The Bertz CT molecular complexity index is 1760. The van der Waals surface area contributed by atoms with Crippen LogP contribution in [0.15, 0.2) is 97.6 Å². The number of hydrogen-bond donors (Lipinski definition) is 0. The molecule has 2 nitrogen and oxygen atoms in total. The Hall–Kier alpha value is -4.56. The molecule has 0 spiro atoms. The fraction of sp³-hybridized carbons (Fsp3) is 0.319. The molecule has 6 rings (SSSR count). The van der Waals surface area contributed by atoms with Gasteiger partial charge in [-0.1, -0.05) is 148 Å². The van der Waals surface area contributed by atoms with Gasteiger partial charge in [0.1, 0.15) is 0 Å². The molecule has 2 heterocycles. The molecular weight excluding hydrogens is 593 g/mol. The normalized spacial score (nSPS) is 11.8. The van der Waals surface area contributed by atoms with E-state index in [4.69, 9.17) is 0 Å². The first-order valence-electron chi connectivity index (χ1n) is 18.4. The van der Waals surface area contributed by atoms with Crippen LogP contribution in [0.5, 0.6) is 0 Å². The first-order chi connectivity index (χ1) is 23.8. The third-order valence-corrected chi connectivity index (χ3v) is 8.40. The Balaban J connectivity index is 0.000000755. The highest BCUT2D eigenvalue weighted by Gasteiger charge is 2.35. The number of aromatic nitrogens is 2. The second kappa shape index (κ2) is 20.7. The van der Waals surface area contributed by atoms with Crippen molar-refractivity contribution in [3.05, 3.63) is 142 Å². The van der Waals surface area contributed by atoms with Crippen molar-refractivity contribution < 1.29 is 0 Å². The van der Waals surface area contributed by atoms with Crippen LogP contribution in [0.4, 0.5) is 0 Å². The van der Waals surface area contributed by atoms with Gasteiger partial charge < -0.3 is 0 Å². The maximum absolute atomic E-state index is 4.16. The van der Waals surface area contributed by atoms with E-state index in [9.17, 15) is 0 Å². The quantitative estimate of drug-likeness (QED) is 0.182. The predicted molar refractivity (Wildman–Crippen MR) is 220 cm³/mol. The Morgan fingerprint density at radius 3 is 1.49 bits per heavy atom. The summed E-state index contributed by atoms with van der Waals surface area (Å²) in [6.45, 7) is 25.4. The third kappa shape index (κ3) is 10.5. The van der Waals surface area contributed by atoms with E-state index in [2.05, 4.69) is 124 Å². The molecule has 1 aliphatic rings. The Morgan fingerprint density at radius 2 is 0.980 bits per heavy atom. The fourth-order valence-corrected chi connectivity index (χ4v) is 5.65. The number of rotatable bonds is 6. The second-order valence-corrected chi connectivity index (χ2v) is 12.0. The molecule has 0 amide bonds. The summed E-state index contributed by atoms with van der Waals surface area (Å²) in [5, 5.41) is 0. The van der Waals surface area contributed by atoms with Gasteiger partial charge in [0.05, 0.1) is 0 Å². The van der Waals surface area contributed by atoms with E-state index < -0.39 is 0 Å². The van der Waals surface area contributed by atoms with Gasteiger partial charge >= 0.3 is 0 Å². The van der Waals surface area contributed by atoms with Crippen LogP contribution in [0.1, 0.15) is 127 Å². The highest BCUT2D eigenvalue weighted by atomic mass is 14.6. The van der Waals surface area contributed by atoms with E-state index in [-0.39, 0.29) is 5.41 Å². The van der Waals surface area contributed by atoms with Crippen LogP contribution in [0.3, 0.4) is 0 Å². The molecule has 0 unspecified atom stereocenters. The Morgan fingerprint density at radius 1 is 0.510 bits per heavy atom. The van der Waals surface area contributed by atoms with Crippen LogP contribution in [0, 0.1) is 13.8 Å². The van der Waals surface area contributed by atoms with Crippen LogP contribution in [-0.4, -0.2) is 9.97 Å². The topological polar surface area (TPSA) is 25.8 Å².